The Morgan fingerprint density at radius 3 is 2.56 bits per heavy atom. The summed E-state index contributed by atoms with van der Waals surface area (Å²) in [6.07, 6.45) is 1.44. The highest BCUT2D eigenvalue weighted by Crippen LogP contribution is 2.35. The van der Waals surface area contributed by atoms with Gasteiger partial charge in [-0.2, -0.15) is 0 Å². The largest absolute Gasteiger partial charge is 0.493 e. The molecule has 32 heavy (non-hydrogen) atoms. The third-order valence-corrected chi connectivity index (χ3v) is 6.45. The van der Waals surface area contributed by atoms with Gasteiger partial charge in [-0.25, -0.2) is 4.98 Å². The molecule has 0 aliphatic rings. The minimum Gasteiger partial charge on any atom is -0.493 e. The predicted octanol–water partition coefficient (Wildman–Crippen LogP) is 3.77. The Kier molecular flexibility index (Phi) is 6.23. The summed E-state index contributed by atoms with van der Waals surface area (Å²) in [4.78, 5) is 31.7. The second kappa shape index (κ2) is 9.23. The summed E-state index contributed by atoms with van der Waals surface area (Å²) in [5.41, 5.74) is 2.57. The van der Waals surface area contributed by atoms with Crippen molar-refractivity contribution in [2.45, 2.75) is 20.0 Å². The third kappa shape index (κ3) is 4.22. The molecule has 0 aliphatic heterocycles. The molecule has 0 bridgehead atoms. The maximum Gasteiger partial charge on any atom is 0.262 e. The summed E-state index contributed by atoms with van der Waals surface area (Å²) in [7, 11) is 3.13. The summed E-state index contributed by atoms with van der Waals surface area (Å²) >= 11 is 1.49. The van der Waals surface area contributed by atoms with E-state index >= 15 is 0 Å². The number of nitrogens with one attached hydrogen (secondary N) is 1. The first-order valence-corrected chi connectivity index (χ1v) is 10.8. The monoisotopic (exact) mass is 449 g/mol. The minimum atomic E-state index is -0.279. The Hall–Kier alpha value is -3.65. The van der Waals surface area contributed by atoms with Crippen LogP contribution in [0.2, 0.25) is 0 Å². The molecule has 0 saturated carbocycles. The van der Waals surface area contributed by atoms with Crippen LogP contribution in [0.3, 0.4) is 0 Å². The SMILES string of the molecule is COc1ccc(CNC(=O)Cn2cnc3sc(-c4ccccc4)c(C)c3c2=O)cc1OC. The first kappa shape index (κ1) is 21.6. The van der Waals surface area contributed by atoms with Gasteiger partial charge in [-0.3, -0.25) is 14.2 Å². The lowest BCUT2D eigenvalue weighted by Gasteiger charge is -2.11. The Balaban J connectivity index is 1.52. The number of ether oxygens (including phenoxy) is 2. The van der Waals surface area contributed by atoms with Crippen LogP contribution >= 0.6 is 11.3 Å². The minimum absolute atomic E-state index is 0.106. The van der Waals surface area contributed by atoms with Gasteiger partial charge >= 0.3 is 0 Å². The van der Waals surface area contributed by atoms with E-state index in [2.05, 4.69) is 10.3 Å². The van der Waals surface area contributed by atoms with E-state index in [1.54, 1.807) is 26.4 Å². The molecule has 4 rings (SSSR count). The van der Waals surface area contributed by atoms with E-state index in [0.717, 1.165) is 21.6 Å². The van der Waals surface area contributed by atoms with E-state index in [-0.39, 0.29) is 18.0 Å². The number of thiophene rings is 1. The molecule has 0 atom stereocenters. The van der Waals surface area contributed by atoms with Crippen molar-refractivity contribution >= 4 is 27.5 Å². The number of rotatable bonds is 7. The highest BCUT2D eigenvalue weighted by atomic mass is 32.1. The lowest BCUT2D eigenvalue weighted by atomic mass is 10.1. The predicted molar refractivity (Wildman–Crippen MR) is 125 cm³/mol. The van der Waals surface area contributed by atoms with Crippen LogP contribution in [0.15, 0.2) is 59.7 Å². The summed E-state index contributed by atoms with van der Waals surface area (Å²) < 4.78 is 11.9. The number of amides is 1. The van der Waals surface area contributed by atoms with Crippen LogP contribution in [0.5, 0.6) is 11.5 Å². The van der Waals surface area contributed by atoms with E-state index in [1.807, 2.05) is 43.3 Å². The van der Waals surface area contributed by atoms with Crippen LogP contribution < -0.4 is 20.3 Å². The van der Waals surface area contributed by atoms with Gasteiger partial charge in [-0.15, -0.1) is 11.3 Å². The molecule has 1 N–H and O–H groups in total. The van der Waals surface area contributed by atoms with Gasteiger partial charge in [-0.05, 0) is 35.7 Å². The molecule has 7 nitrogen and oxygen atoms in total. The molecule has 0 spiro atoms. The third-order valence-electron chi connectivity index (χ3n) is 5.20. The molecule has 4 aromatic rings. The Bertz CT molecular complexity index is 1330. The van der Waals surface area contributed by atoms with Crippen molar-refractivity contribution in [3.63, 3.8) is 0 Å². The fraction of sp³-hybridized carbons (Fsp3) is 0.208. The van der Waals surface area contributed by atoms with E-state index in [4.69, 9.17) is 9.47 Å². The average molecular weight is 450 g/mol. The number of hydrogen-bond donors (Lipinski definition) is 1. The topological polar surface area (TPSA) is 82.5 Å². The van der Waals surface area contributed by atoms with E-state index in [9.17, 15) is 9.59 Å². The molecule has 8 heteroatoms. The fourth-order valence-corrected chi connectivity index (χ4v) is 4.68. The molecule has 0 aliphatic carbocycles. The standard InChI is InChI=1S/C24H23N3O4S/c1-15-21-23(32-22(15)17-7-5-4-6-8-17)26-14-27(24(21)29)13-20(28)25-12-16-9-10-18(30-2)19(11-16)31-3/h4-11,14H,12-13H2,1-3H3,(H,25,28). The Morgan fingerprint density at radius 1 is 1.09 bits per heavy atom. The second-order valence-electron chi connectivity index (χ2n) is 7.25. The van der Waals surface area contributed by atoms with Gasteiger partial charge in [0, 0.05) is 11.4 Å². The first-order chi connectivity index (χ1) is 15.5. The first-order valence-electron chi connectivity index (χ1n) is 10.0. The lowest BCUT2D eigenvalue weighted by Crippen LogP contribution is -2.32. The summed E-state index contributed by atoms with van der Waals surface area (Å²) in [5.74, 6) is 0.931. The molecular formula is C24H23N3O4S. The Morgan fingerprint density at radius 2 is 1.84 bits per heavy atom. The van der Waals surface area contributed by atoms with Crippen molar-refractivity contribution in [2.24, 2.45) is 0 Å². The average Bonchev–Trinajstić information content (AvgIpc) is 3.16. The number of hydrogen-bond acceptors (Lipinski definition) is 6. The molecule has 2 aromatic heterocycles. The van der Waals surface area contributed by atoms with Crippen LogP contribution in [0.4, 0.5) is 0 Å². The smallest absolute Gasteiger partial charge is 0.262 e. The van der Waals surface area contributed by atoms with Crippen molar-refractivity contribution in [1.82, 2.24) is 14.9 Å². The van der Waals surface area contributed by atoms with Gasteiger partial charge in [0.05, 0.1) is 25.9 Å². The van der Waals surface area contributed by atoms with Gasteiger partial charge < -0.3 is 14.8 Å². The highest BCUT2D eigenvalue weighted by molar-refractivity contribution is 7.22. The van der Waals surface area contributed by atoms with Gasteiger partial charge in [0.2, 0.25) is 5.91 Å². The molecule has 164 valence electrons. The normalized spacial score (nSPS) is 10.8. The maximum atomic E-state index is 13.1. The van der Waals surface area contributed by atoms with Crippen molar-refractivity contribution in [1.29, 1.82) is 0 Å². The summed E-state index contributed by atoms with van der Waals surface area (Å²) in [6.45, 7) is 2.12. The van der Waals surface area contributed by atoms with Crippen molar-refractivity contribution in [3.05, 3.63) is 76.3 Å². The number of carbonyl (C=O) groups is 1. The van der Waals surface area contributed by atoms with Crippen molar-refractivity contribution in [2.75, 3.05) is 14.2 Å². The molecular weight excluding hydrogens is 426 g/mol. The number of nitrogens with zero attached hydrogens (tertiary/aromatic N) is 2. The van der Waals surface area contributed by atoms with E-state index in [0.29, 0.717) is 28.3 Å². The lowest BCUT2D eigenvalue weighted by molar-refractivity contribution is -0.121. The van der Waals surface area contributed by atoms with Gasteiger partial charge in [0.15, 0.2) is 11.5 Å². The molecule has 1 amide bonds. The van der Waals surface area contributed by atoms with Crippen LogP contribution in [-0.2, 0) is 17.9 Å². The molecule has 2 heterocycles. The molecule has 0 unspecified atom stereocenters. The van der Waals surface area contributed by atoms with Crippen LogP contribution in [-0.4, -0.2) is 29.7 Å². The number of carbonyl (C=O) groups excluding carboxylic acids is 1. The molecule has 0 radical (unpaired) electrons. The van der Waals surface area contributed by atoms with Crippen LogP contribution in [0.1, 0.15) is 11.1 Å². The van der Waals surface area contributed by atoms with Gasteiger partial charge in [0.25, 0.3) is 5.56 Å². The molecule has 2 aromatic carbocycles. The quantitative estimate of drug-likeness (QED) is 0.465. The van der Waals surface area contributed by atoms with Crippen LogP contribution in [0, 0.1) is 6.92 Å². The summed E-state index contributed by atoms with van der Waals surface area (Å²) in [6, 6.07) is 15.3. The highest BCUT2D eigenvalue weighted by Gasteiger charge is 2.16. The summed E-state index contributed by atoms with van der Waals surface area (Å²) in [5, 5.41) is 3.40. The van der Waals surface area contributed by atoms with Crippen LogP contribution in [0.25, 0.3) is 20.7 Å². The maximum absolute atomic E-state index is 13.1. The molecule has 0 saturated heterocycles. The zero-order valence-electron chi connectivity index (χ0n) is 18.0. The van der Waals surface area contributed by atoms with E-state index < -0.39 is 0 Å². The number of methoxy groups -OCH3 is 2. The Labute approximate surface area is 189 Å². The van der Waals surface area contributed by atoms with Crippen molar-refractivity contribution < 1.29 is 14.3 Å². The number of aryl methyl sites for hydroxylation is 1. The number of fused-ring (bicyclic) bond motifs is 1. The zero-order chi connectivity index (χ0) is 22.7. The van der Waals surface area contributed by atoms with Gasteiger partial charge in [-0.1, -0.05) is 36.4 Å². The second-order valence-corrected chi connectivity index (χ2v) is 8.25. The number of benzene rings is 2. The number of aromatic nitrogens is 2. The van der Waals surface area contributed by atoms with E-state index in [1.165, 1.54) is 22.2 Å². The van der Waals surface area contributed by atoms with Gasteiger partial charge in [0.1, 0.15) is 11.4 Å². The fourth-order valence-electron chi connectivity index (χ4n) is 3.54. The van der Waals surface area contributed by atoms with Crippen molar-refractivity contribution in [3.8, 4) is 21.9 Å². The zero-order valence-corrected chi connectivity index (χ0v) is 18.9. The molecule has 0 fully saturated rings.